The number of hydrogen-bond acceptors (Lipinski definition) is 3. The fourth-order valence-electron chi connectivity index (χ4n) is 1.33. The smallest absolute Gasteiger partial charge is 0.101 e. The lowest BCUT2D eigenvalue weighted by Crippen LogP contribution is -1.98. The zero-order valence-corrected chi connectivity index (χ0v) is 11.2. The number of benzene rings is 1. The van der Waals surface area contributed by atoms with Gasteiger partial charge in [-0.25, -0.2) is 4.98 Å². The maximum Gasteiger partial charge on any atom is 0.101 e. The predicted octanol–water partition coefficient (Wildman–Crippen LogP) is 4.00. The second-order valence-electron chi connectivity index (χ2n) is 3.37. The van der Waals surface area contributed by atoms with Crippen molar-refractivity contribution < 1.29 is 0 Å². The van der Waals surface area contributed by atoms with E-state index < -0.39 is 0 Å². The molecule has 1 heterocycles. The summed E-state index contributed by atoms with van der Waals surface area (Å²) >= 11 is 13.3. The third-order valence-electron chi connectivity index (χ3n) is 2.16. The molecule has 2 aromatic rings. The third kappa shape index (κ3) is 3.36. The molecular weight excluding hydrogens is 275 g/mol. The molecule has 0 amide bonds. The Bertz CT molecular complexity index is 514. The highest BCUT2D eigenvalue weighted by Gasteiger charge is 2.05. The molecule has 2 nitrogen and oxygen atoms in total. The van der Waals surface area contributed by atoms with Crippen molar-refractivity contribution in [2.75, 3.05) is 0 Å². The maximum absolute atomic E-state index is 5.97. The summed E-state index contributed by atoms with van der Waals surface area (Å²) in [5.74, 6) is 0. The molecule has 2 N–H and O–H groups in total. The number of rotatable bonds is 3. The van der Waals surface area contributed by atoms with E-state index in [9.17, 15) is 0 Å². The van der Waals surface area contributed by atoms with Gasteiger partial charge in [-0.2, -0.15) is 0 Å². The summed E-state index contributed by atoms with van der Waals surface area (Å²) < 4.78 is 0. The summed E-state index contributed by atoms with van der Waals surface area (Å²) in [6, 6.07) is 9.34. The van der Waals surface area contributed by atoms with Gasteiger partial charge in [0.15, 0.2) is 0 Å². The van der Waals surface area contributed by atoms with E-state index in [0.29, 0.717) is 16.6 Å². The van der Waals surface area contributed by atoms with Crippen LogP contribution in [0.2, 0.25) is 10.0 Å². The summed E-state index contributed by atoms with van der Waals surface area (Å²) in [5, 5.41) is 2.18. The molecule has 0 aliphatic rings. The van der Waals surface area contributed by atoms with Crippen LogP contribution in [0.3, 0.4) is 0 Å². The van der Waals surface area contributed by atoms with E-state index in [0.717, 1.165) is 15.5 Å². The van der Waals surface area contributed by atoms with Gasteiger partial charge >= 0.3 is 0 Å². The number of nitrogens with two attached hydrogens (primary N) is 1. The third-order valence-corrected chi connectivity index (χ3v) is 3.67. The van der Waals surface area contributed by atoms with E-state index in [4.69, 9.17) is 28.9 Å². The minimum absolute atomic E-state index is 0.479. The van der Waals surface area contributed by atoms with Gasteiger partial charge in [0.2, 0.25) is 0 Å². The first-order chi connectivity index (χ1) is 8.19. The molecule has 1 aromatic carbocycles. The number of pyridine rings is 1. The summed E-state index contributed by atoms with van der Waals surface area (Å²) in [6.07, 6.45) is 1.62. The summed E-state index contributed by atoms with van der Waals surface area (Å²) in [7, 11) is 0. The number of aromatic nitrogens is 1. The van der Waals surface area contributed by atoms with Crippen LogP contribution in [-0.2, 0) is 6.54 Å². The molecule has 5 heteroatoms. The van der Waals surface area contributed by atoms with Gasteiger partial charge in [0.1, 0.15) is 5.03 Å². The normalized spacial score (nSPS) is 10.5. The van der Waals surface area contributed by atoms with Crippen LogP contribution in [0.4, 0.5) is 0 Å². The molecule has 0 aliphatic heterocycles. The number of nitrogens with zero attached hydrogens (tertiary/aromatic N) is 1. The Kier molecular flexibility index (Phi) is 4.29. The van der Waals surface area contributed by atoms with Gasteiger partial charge in [-0.15, -0.1) is 0 Å². The van der Waals surface area contributed by atoms with Crippen molar-refractivity contribution in [1.82, 2.24) is 4.98 Å². The molecule has 0 atom stereocenters. The van der Waals surface area contributed by atoms with Crippen LogP contribution in [0.15, 0.2) is 46.5 Å². The molecule has 0 spiro atoms. The predicted molar refractivity (Wildman–Crippen MR) is 72.7 cm³/mol. The van der Waals surface area contributed by atoms with Gasteiger partial charge in [-0.3, -0.25) is 0 Å². The molecule has 0 aliphatic carbocycles. The first-order valence-electron chi connectivity index (χ1n) is 4.97. The van der Waals surface area contributed by atoms with E-state index in [1.807, 2.05) is 30.3 Å². The molecule has 1 aromatic heterocycles. The highest BCUT2D eigenvalue weighted by molar-refractivity contribution is 7.99. The van der Waals surface area contributed by atoms with Crippen LogP contribution < -0.4 is 5.73 Å². The van der Waals surface area contributed by atoms with E-state index in [1.54, 1.807) is 6.20 Å². The van der Waals surface area contributed by atoms with E-state index in [1.165, 1.54) is 11.8 Å². The van der Waals surface area contributed by atoms with Crippen molar-refractivity contribution in [2.24, 2.45) is 5.73 Å². The summed E-state index contributed by atoms with van der Waals surface area (Å²) in [6.45, 7) is 0.479. The summed E-state index contributed by atoms with van der Waals surface area (Å²) in [5.41, 5.74) is 6.73. The number of halogens is 2. The first kappa shape index (κ1) is 12.7. The Morgan fingerprint density at radius 2 is 1.88 bits per heavy atom. The quantitative estimate of drug-likeness (QED) is 0.926. The highest BCUT2D eigenvalue weighted by atomic mass is 35.5. The van der Waals surface area contributed by atoms with Gasteiger partial charge in [0.25, 0.3) is 0 Å². The highest BCUT2D eigenvalue weighted by Crippen LogP contribution is 2.31. The molecule has 2 rings (SSSR count). The van der Waals surface area contributed by atoms with Crippen LogP contribution in [0.25, 0.3) is 0 Å². The minimum Gasteiger partial charge on any atom is -0.326 e. The van der Waals surface area contributed by atoms with Crippen LogP contribution >= 0.6 is 35.0 Å². The maximum atomic E-state index is 5.97. The standard InChI is InChI=1S/C12H10Cl2N2S/c13-9-2-1-8(6-15)11(5-9)17-12-4-3-10(14)7-16-12/h1-5,7H,6,15H2. The second kappa shape index (κ2) is 5.74. The molecule has 0 saturated carbocycles. The van der Waals surface area contributed by atoms with E-state index in [-0.39, 0.29) is 0 Å². The molecule has 0 unspecified atom stereocenters. The average Bonchev–Trinajstić information content (AvgIpc) is 2.32. The van der Waals surface area contributed by atoms with Crippen molar-refractivity contribution in [2.45, 2.75) is 16.5 Å². The molecule has 0 radical (unpaired) electrons. The van der Waals surface area contributed by atoms with Gasteiger partial charge in [0.05, 0.1) is 5.02 Å². The Morgan fingerprint density at radius 3 is 2.53 bits per heavy atom. The molecular formula is C12H10Cl2N2S. The lowest BCUT2D eigenvalue weighted by atomic mass is 10.2. The van der Waals surface area contributed by atoms with Crippen molar-refractivity contribution in [1.29, 1.82) is 0 Å². The molecule has 0 bridgehead atoms. The summed E-state index contributed by atoms with van der Waals surface area (Å²) in [4.78, 5) is 5.25. The van der Waals surface area contributed by atoms with Gasteiger partial charge < -0.3 is 5.73 Å². The molecule has 0 saturated heterocycles. The Morgan fingerprint density at radius 1 is 1.12 bits per heavy atom. The van der Waals surface area contributed by atoms with E-state index >= 15 is 0 Å². The first-order valence-corrected chi connectivity index (χ1v) is 6.54. The van der Waals surface area contributed by atoms with E-state index in [2.05, 4.69) is 4.98 Å². The lowest BCUT2D eigenvalue weighted by molar-refractivity contribution is 1.02. The van der Waals surface area contributed by atoms with Gasteiger partial charge in [-0.1, -0.05) is 41.0 Å². The molecule has 0 fully saturated rings. The zero-order chi connectivity index (χ0) is 12.3. The Hall–Kier alpha value is -0.740. The van der Waals surface area contributed by atoms with Crippen LogP contribution in [0, 0.1) is 0 Å². The van der Waals surface area contributed by atoms with Crippen LogP contribution in [0.5, 0.6) is 0 Å². The molecule has 17 heavy (non-hydrogen) atoms. The second-order valence-corrected chi connectivity index (χ2v) is 5.31. The fraction of sp³-hybridized carbons (Fsp3) is 0.0833. The average molecular weight is 285 g/mol. The Labute approximate surface area is 114 Å². The monoisotopic (exact) mass is 284 g/mol. The molecule has 88 valence electrons. The largest absolute Gasteiger partial charge is 0.326 e. The Balaban J connectivity index is 2.28. The minimum atomic E-state index is 0.479. The SMILES string of the molecule is NCc1ccc(Cl)cc1Sc1ccc(Cl)cn1. The van der Waals surface area contributed by atoms with Crippen molar-refractivity contribution in [3.63, 3.8) is 0 Å². The zero-order valence-electron chi connectivity index (χ0n) is 8.86. The van der Waals surface area contributed by atoms with Crippen molar-refractivity contribution in [3.05, 3.63) is 52.1 Å². The van der Waals surface area contributed by atoms with Crippen molar-refractivity contribution in [3.8, 4) is 0 Å². The van der Waals surface area contributed by atoms with Crippen LogP contribution in [0.1, 0.15) is 5.56 Å². The van der Waals surface area contributed by atoms with Crippen LogP contribution in [-0.4, -0.2) is 4.98 Å². The van der Waals surface area contributed by atoms with Gasteiger partial charge in [-0.05, 0) is 29.8 Å². The topological polar surface area (TPSA) is 38.9 Å². The number of hydrogen-bond donors (Lipinski definition) is 1. The lowest BCUT2D eigenvalue weighted by Gasteiger charge is -2.07. The van der Waals surface area contributed by atoms with Gasteiger partial charge in [0, 0.05) is 22.7 Å². The van der Waals surface area contributed by atoms with Crippen molar-refractivity contribution >= 4 is 35.0 Å². The fourth-order valence-corrected chi connectivity index (χ4v) is 2.61.